The van der Waals surface area contributed by atoms with Gasteiger partial charge in [0.15, 0.2) is 0 Å². The van der Waals surface area contributed by atoms with Crippen molar-refractivity contribution in [2.75, 3.05) is 0 Å². The molecule has 0 saturated heterocycles. The first-order chi connectivity index (χ1) is 6.11. The van der Waals surface area contributed by atoms with Crippen molar-refractivity contribution in [2.45, 2.75) is 26.3 Å². The molecule has 1 aromatic rings. The summed E-state index contributed by atoms with van der Waals surface area (Å²) < 4.78 is 0. The molecule has 1 aromatic carbocycles. The third-order valence-corrected chi connectivity index (χ3v) is 2.37. The quantitative estimate of drug-likeness (QED) is 0.845. The van der Waals surface area contributed by atoms with Crippen LogP contribution in [-0.2, 0) is 0 Å². The van der Waals surface area contributed by atoms with Crippen LogP contribution in [0, 0.1) is 5.92 Å². The minimum atomic E-state index is 0. The third-order valence-electron chi connectivity index (χ3n) is 2.03. The van der Waals surface area contributed by atoms with Gasteiger partial charge in [0, 0.05) is 11.1 Å². The maximum absolute atomic E-state index is 6.02. The molecule has 0 saturated carbocycles. The highest BCUT2D eigenvalue weighted by Gasteiger charge is 2.10. The summed E-state index contributed by atoms with van der Waals surface area (Å²) >= 11 is 6.02. The second-order valence-corrected chi connectivity index (χ2v) is 4.16. The van der Waals surface area contributed by atoms with E-state index in [4.69, 9.17) is 17.3 Å². The standard InChI is InChI=1S/C11H16ClN.ClH/c1-8(2)7-11(13)9-5-3-4-6-10(9)12;/h3-6,8,11H,7,13H2,1-2H3;1H/t11-;/m1./s1. The number of nitrogens with two attached hydrogens (primary N) is 1. The zero-order chi connectivity index (χ0) is 9.84. The van der Waals surface area contributed by atoms with Crippen LogP contribution in [0.15, 0.2) is 24.3 Å². The van der Waals surface area contributed by atoms with Crippen LogP contribution in [0.1, 0.15) is 31.9 Å². The normalized spacial score (nSPS) is 12.4. The van der Waals surface area contributed by atoms with Crippen molar-refractivity contribution >= 4 is 24.0 Å². The molecule has 0 spiro atoms. The fraction of sp³-hybridized carbons (Fsp3) is 0.455. The first-order valence-electron chi connectivity index (χ1n) is 4.61. The lowest BCUT2D eigenvalue weighted by Crippen LogP contribution is -2.13. The van der Waals surface area contributed by atoms with Crippen molar-refractivity contribution in [1.82, 2.24) is 0 Å². The molecule has 0 aromatic heterocycles. The average Bonchev–Trinajstić information content (AvgIpc) is 2.03. The van der Waals surface area contributed by atoms with Gasteiger partial charge in [0.1, 0.15) is 0 Å². The zero-order valence-electron chi connectivity index (χ0n) is 8.53. The molecule has 80 valence electrons. The minimum absolute atomic E-state index is 0. The van der Waals surface area contributed by atoms with E-state index in [1.54, 1.807) is 0 Å². The van der Waals surface area contributed by atoms with Crippen LogP contribution >= 0.6 is 24.0 Å². The Hall–Kier alpha value is -0.240. The SMILES string of the molecule is CC(C)C[C@@H](N)c1ccccc1Cl.Cl. The summed E-state index contributed by atoms with van der Waals surface area (Å²) in [6, 6.07) is 7.84. The highest BCUT2D eigenvalue weighted by molar-refractivity contribution is 6.31. The highest BCUT2D eigenvalue weighted by atomic mass is 35.5. The maximum Gasteiger partial charge on any atom is 0.0453 e. The summed E-state index contributed by atoms with van der Waals surface area (Å²) in [4.78, 5) is 0. The van der Waals surface area contributed by atoms with E-state index in [1.807, 2.05) is 24.3 Å². The van der Waals surface area contributed by atoms with Crippen molar-refractivity contribution < 1.29 is 0 Å². The van der Waals surface area contributed by atoms with Crippen LogP contribution in [0.2, 0.25) is 5.02 Å². The molecule has 0 fully saturated rings. The minimum Gasteiger partial charge on any atom is -0.324 e. The lowest BCUT2D eigenvalue weighted by atomic mass is 9.98. The topological polar surface area (TPSA) is 26.0 Å². The molecule has 0 bridgehead atoms. The van der Waals surface area contributed by atoms with Gasteiger partial charge in [0.2, 0.25) is 0 Å². The molecule has 0 aliphatic heterocycles. The van der Waals surface area contributed by atoms with E-state index in [1.165, 1.54) is 0 Å². The second-order valence-electron chi connectivity index (χ2n) is 3.76. The van der Waals surface area contributed by atoms with E-state index in [2.05, 4.69) is 13.8 Å². The van der Waals surface area contributed by atoms with Gasteiger partial charge in [0.25, 0.3) is 0 Å². The van der Waals surface area contributed by atoms with E-state index in [-0.39, 0.29) is 18.4 Å². The van der Waals surface area contributed by atoms with Crippen LogP contribution in [0.5, 0.6) is 0 Å². The molecule has 1 rings (SSSR count). The van der Waals surface area contributed by atoms with Crippen LogP contribution in [-0.4, -0.2) is 0 Å². The molecule has 1 nitrogen and oxygen atoms in total. The second kappa shape index (κ2) is 6.28. The van der Waals surface area contributed by atoms with Crippen molar-refractivity contribution in [2.24, 2.45) is 11.7 Å². The maximum atomic E-state index is 6.02. The number of hydrogen-bond acceptors (Lipinski definition) is 1. The Kier molecular flexibility index (Phi) is 6.17. The lowest BCUT2D eigenvalue weighted by Gasteiger charge is -2.15. The first-order valence-corrected chi connectivity index (χ1v) is 4.99. The van der Waals surface area contributed by atoms with Crippen molar-refractivity contribution in [3.8, 4) is 0 Å². The monoisotopic (exact) mass is 233 g/mol. The van der Waals surface area contributed by atoms with Gasteiger partial charge in [-0.3, -0.25) is 0 Å². The molecule has 0 amide bonds. The summed E-state index contributed by atoms with van der Waals surface area (Å²) in [6.07, 6.45) is 0.976. The van der Waals surface area contributed by atoms with Crippen LogP contribution in [0.25, 0.3) is 0 Å². The van der Waals surface area contributed by atoms with E-state index in [9.17, 15) is 0 Å². The van der Waals surface area contributed by atoms with Gasteiger partial charge in [0.05, 0.1) is 0 Å². The van der Waals surface area contributed by atoms with Crippen LogP contribution < -0.4 is 5.73 Å². The van der Waals surface area contributed by atoms with E-state index in [0.717, 1.165) is 17.0 Å². The molecular weight excluding hydrogens is 217 g/mol. The number of halogens is 2. The lowest BCUT2D eigenvalue weighted by molar-refractivity contribution is 0.510. The van der Waals surface area contributed by atoms with Gasteiger partial charge in [-0.1, -0.05) is 43.6 Å². The fourth-order valence-corrected chi connectivity index (χ4v) is 1.69. The Balaban J connectivity index is 0.00000169. The Morgan fingerprint density at radius 3 is 2.36 bits per heavy atom. The molecule has 14 heavy (non-hydrogen) atoms. The Morgan fingerprint density at radius 2 is 1.86 bits per heavy atom. The molecular formula is C11H17Cl2N. The predicted molar refractivity (Wildman–Crippen MR) is 65.1 cm³/mol. The summed E-state index contributed by atoms with van der Waals surface area (Å²) in [5.74, 6) is 0.603. The molecule has 0 heterocycles. The molecule has 0 unspecified atom stereocenters. The molecule has 2 N–H and O–H groups in total. The van der Waals surface area contributed by atoms with Crippen LogP contribution in [0.4, 0.5) is 0 Å². The number of hydrogen-bond donors (Lipinski definition) is 1. The van der Waals surface area contributed by atoms with Gasteiger partial charge in [-0.05, 0) is 24.0 Å². The molecule has 3 heteroatoms. The summed E-state index contributed by atoms with van der Waals surface area (Å²) in [5.41, 5.74) is 7.07. The van der Waals surface area contributed by atoms with Crippen molar-refractivity contribution in [3.63, 3.8) is 0 Å². The van der Waals surface area contributed by atoms with Gasteiger partial charge < -0.3 is 5.73 Å². The first kappa shape index (κ1) is 13.8. The fourth-order valence-electron chi connectivity index (χ4n) is 1.41. The Labute approximate surface area is 97.1 Å². The van der Waals surface area contributed by atoms with E-state index in [0.29, 0.717) is 5.92 Å². The van der Waals surface area contributed by atoms with E-state index < -0.39 is 0 Å². The van der Waals surface area contributed by atoms with E-state index >= 15 is 0 Å². The van der Waals surface area contributed by atoms with Crippen molar-refractivity contribution in [1.29, 1.82) is 0 Å². The highest BCUT2D eigenvalue weighted by Crippen LogP contribution is 2.25. The summed E-state index contributed by atoms with van der Waals surface area (Å²) in [6.45, 7) is 4.33. The largest absolute Gasteiger partial charge is 0.324 e. The predicted octanol–water partition coefficient (Wildman–Crippen LogP) is 3.81. The van der Waals surface area contributed by atoms with Gasteiger partial charge in [-0.2, -0.15) is 0 Å². The zero-order valence-corrected chi connectivity index (χ0v) is 10.1. The molecule has 0 radical (unpaired) electrons. The molecule has 1 atom stereocenters. The smallest absolute Gasteiger partial charge is 0.0453 e. The Bertz CT molecular complexity index is 274. The number of rotatable bonds is 3. The van der Waals surface area contributed by atoms with Crippen LogP contribution in [0.3, 0.4) is 0 Å². The van der Waals surface area contributed by atoms with Gasteiger partial charge in [-0.15, -0.1) is 12.4 Å². The number of benzene rings is 1. The third kappa shape index (κ3) is 3.87. The average molecular weight is 234 g/mol. The molecule has 0 aliphatic carbocycles. The summed E-state index contributed by atoms with van der Waals surface area (Å²) in [5, 5.41) is 0.774. The summed E-state index contributed by atoms with van der Waals surface area (Å²) in [7, 11) is 0. The van der Waals surface area contributed by atoms with Crippen molar-refractivity contribution in [3.05, 3.63) is 34.9 Å². The van der Waals surface area contributed by atoms with Gasteiger partial charge in [-0.25, -0.2) is 0 Å². The Morgan fingerprint density at radius 1 is 1.29 bits per heavy atom. The van der Waals surface area contributed by atoms with Gasteiger partial charge >= 0.3 is 0 Å². The molecule has 0 aliphatic rings.